The number of furan rings is 1. The van der Waals surface area contributed by atoms with Crippen LogP contribution >= 0.6 is 11.3 Å². The lowest BCUT2D eigenvalue weighted by molar-refractivity contribution is 0.0747. The highest BCUT2D eigenvalue weighted by Gasteiger charge is 2.21. The predicted molar refractivity (Wildman–Crippen MR) is 83.2 cm³/mol. The van der Waals surface area contributed by atoms with E-state index in [2.05, 4.69) is 4.98 Å². The summed E-state index contributed by atoms with van der Waals surface area (Å²) in [5, 5.41) is 0.882. The Bertz CT molecular complexity index is 764. The Hall–Kier alpha value is -2.34. The third kappa shape index (κ3) is 2.50. The van der Waals surface area contributed by atoms with Crippen LogP contribution in [-0.4, -0.2) is 22.3 Å². The number of nitrogens with two attached hydrogens (primary N) is 1. The summed E-state index contributed by atoms with van der Waals surface area (Å²) in [5.41, 5.74) is 6.65. The fourth-order valence-electron chi connectivity index (χ4n) is 2.19. The molecule has 3 heterocycles. The number of hydrogen-bond acceptors (Lipinski definition) is 5. The number of thiophene rings is 1. The Morgan fingerprint density at radius 1 is 1.48 bits per heavy atom. The van der Waals surface area contributed by atoms with Gasteiger partial charge in [-0.25, -0.2) is 0 Å². The zero-order valence-electron chi connectivity index (χ0n) is 11.6. The first-order valence-corrected chi connectivity index (χ1v) is 7.46. The minimum absolute atomic E-state index is 0.0763. The molecule has 0 saturated carbocycles. The molecule has 3 aromatic heterocycles. The minimum Gasteiger partial charge on any atom is -0.467 e. The van der Waals surface area contributed by atoms with Crippen LogP contribution in [0.2, 0.25) is 0 Å². The second-order valence-electron chi connectivity index (χ2n) is 4.62. The van der Waals surface area contributed by atoms with E-state index in [1.165, 1.54) is 11.3 Å². The second-order valence-corrected chi connectivity index (χ2v) is 5.67. The molecule has 3 aromatic rings. The van der Waals surface area contributed by atoms with Crippen LogP contribution in [0.5, 0.6) is 0 Å². The van der Waals surface area contributed by atoms with E-state index in [-0.39, 0.29) is 5.91 Å². The maximum atomic E-state index is 12.7. The van der Waals surface area contributed by atoms with Gasteiger partial charge in [-0.05, 0) is 25.1 Å². The first kappa shape index (κ1) is 13.6. The van der Waals surface area contributed by atoms with E-state index < -0.39 is 0 Å². The molecule has 21 heavy (non-hydrogen) atoms. The SMILES string of the molecule is CCN(Cc1ccco1)C(=O)c1sc2cnccc2c1N. The average molecular weight is 301 g/mol. The summed E-state index contributed by atoms with van der Waals surface area (Å²) in [5.74, 6) is 0.680. The highest BCUT2D eigenvalue weighted by molar-refractivity contribution is 7.21. The van der Waals surface area contributed by atoms with Gasteiger partial charge in [-0.1, -0.05) is 0 Å². The van der Waals surface area contributed by atoms with Gasteiger partial charge < -0.3 is 15.1 Å². The van der Waals surface area contributed by atoms with E-state index in [1.807, 2.05) is 25.1 Å². The number of pyridine rings is 1. The molecule has 2 N–H and O–H groups in total. The Morgan fingerprint density at radius 3 is 3.00 bits per heavy atom. The molecule has 3 rings (SSSR count). The summed E-state index contributed by atoms with van der Waals surface area (Å²) < 4.78 is 6.23. The fraction of sp³-hybridized carbons (Fsp3) is 0.200. The molecule has 0 atom stereocenters. The Labute approximate surface area is 126 Å². The van der Waals surface area contributed by atoms with Gasteiger partial charge in [-0.3, -0.25) is 9.78 Å². The quantitative estimate of drug-likeness (QED) is 0.803. The van der Waals surface area contributed by atoms with Crippen LogP contribution in [0.4, 0.5) is 5.69 Å². The van der Waals surface area contributed by atoms with Gasteiger partial charge in [0.1, 0.15) is 10.6 Å². The normalized spacial score (nSPS) is 10.9. The number of nitrogen functional groups attached to an aromatic ring is 1. The van der Waals surface area contributed by atoms with Crippen molar-refractivity contribution >= 4 is 33.0 Å². The third-order valence-corrected chi connectivity index (χ3v) is 4.47. The summed E-state index contributed by atoms with van der Waals surface area (Å²) in [4.78, 5) is 19.0. The van der Waals surface area contributed by atoms with Crippen molar-refractivity contribution < 1.29 is 9.21 Å². The second kappa shape index (κ2) is 5.57. The number of nitrogens with zero attached hydrogens (tertiary/aromatic N) is 2. The molecule has 6 heteroatoms. The highest BCUT2D eigenvalue weighted by atomic mass is 32.1. The van der Waals surface area contributed by atoms with Gasteiger partial charge in [-0.15, -0.1) is 11.3 Å². The molecule has 108 valence electrons. The molecule has 0 unspecified atom stereocenters. The van der Waals surface area contributed by atoms with Crippen molar-refractivity contribution in [3.63, 3.8) is 0 Å². The van der Waals surface area contributed by atoms with E-state index >= 15 is 0 Å². The van der Waals surface area contributed by atoms with Crippen molar-refractivity contribution in [1.82, 2.24) is 9.88 Å². The Kier molecular flexibility index (Phi) is 3.62. The summed E-state index contributed by atoms with van der Waals surface area (Å²) in [6.45, 7) is 2.96. The number of anilines is 1. The molecule has 0 saturated heterocycles. The summed E-state index contributed by atoms with van der Waals surface area (Å²) in [6.07, 6.45) is 5.02. The molecule has 0 aliphatic rings. The zero-order valence-corrected chi connectivity index (χ0v) is 12.4. The standard InChI is InChI=1S/C15H15N3O2S/c1-2-18(9-10-4-3-7-20-10)15(19)14-13(16)11-5-6-17-8-12(11)21-14/h3-8H,2,9,16H2,1H3. The van der Waals surface area contributed by atoms with Gasteiger partial charge >= 0.3 is 0 Å². The predicted octanol–water partition coefficient (Wildman–Crippen LogP) is 3.13. The van der Waals surface area contributed by atoms with Gasteiger partial charge in [0.15, 0.2) is 0 Å². The van der Waals surface area contributed by atoms with Crippen molar-refractivity contribution in [3.8, 4) is 0 Å². The maximum Gasteiger partial charge on any atom is 0.266 e. The first-order valence-electron chi connectivity index (χ1n) is 6.64. The van der Waals surface area contributed by atoms with Crippen molar-refractivity contribution in [2.75, 3.05) is 12.3 Å². The highest BCUT2D eigenvalue weighted by Crippen LogP contribution is 2.33. The van der Waals surface area contributed by atoms with Crippen LogP contribution in [0.1, 0.15) is 22.4 Å². The Morgan fingerprint density at radius 2 is 2.33 bits per heavy atom. The number of hydrogen-bond donors (Lipinski definition) is 1. The van der Waals surface area contributed by atoms with Crippen molar-refractivity contribution in [2.45, 2.75) is 13.5 Å². The summed E-state index contributed by atoms with van der Waals surface area (Å²) in [7, 11) is 0. The molecule has 0 spiro atoms. The Balaban J connectivity index is 1.93. The van der Waals surface area contributed by atoms with Crippen LogP contribution in [0.3, 0.4) is 0 Å². The molecule has 0 bridgehead atoms. The molecule has 1 amide bonds. The van der Waals surface area contributed by atoms with Gasteiger partial charge in [0.05, 0.1) is 23.2 Å². The fourth-order valence-corrected chi connectivity index (χ4v) is 3.25. The third-order valence-electron chi connectivity index (χ3n) is 3.32. The molecule has 5 nitrogen and oxygen atoms in total. The van der Waals surface area contributed by atoms with Gasteiger partial charge in [0.25, 0.3) is 5.91 Å². The smallest absolute Gasteiger partial charge is 0.266 e. The van der Waals surface area contributed by atoms with Gasteiger partial charge in [0.2, 0.25) is 0 Å². The number of carbonyl (C=O) groups excluding carboxylic acids is 1. The lowest BCUT2D eigenvalue weighted by Crippen LogP contribution is -2.30. The van der Waals surface area contributed by atoms with Crippen LogP contribution in [0, 0.1) is 0 Å². The molecule has 0 aromatic carbocycles. The minimum atomic E-state index is -0.0763. The largest absolute Gasteiger partial charge is 0.467 e. The molecule has 0 radical (unpaired) electrons. The van der Waals surface area contributed by atoms with Crippen LogP contribution in [-0.2, 0) is 6.54 Å². The van der Waals surface area contributed by atoms with E-state index in [0.29, 0.717) is 23.7 Å². The number of carbonyl (C=O) groups is 1. The summed E-state index contributed by atoms with van der Waals surface area (Å²) in [6, 6.07) is 5.50. The van der Waals surface area contributed by atoms with E-state index in [1.54, 1.807) is 23.6 Å². The van der Waals surface area contributed by atoms with Gasteiger partial charge in [-0.2, -0.15) is 0 Å². The lowest BCUT2D eigenvalue weighted by atomic mass is 10.2. The van der Waals surface area contributed by atoms with Crippen molar-refractivity contribution in [3.05, 3.63) is 47.5 Å². The van der Waals surface area contributed by atoms with E-state index in [9.17, 15) is 4.79 Å². The zero-order chi connectivity index (χ0) is 14.8. The van der Waals surface area contributed by atoms with Crippen molar-refractivity contribution in [2.24, 2.45) is 0 Å². The molecule has 0 aliphatic heterocycles. The molecule has 0 fully saturated rings. The monoisotopic (exact) mass is 301 g/mol. The van der Waals surface area contributed by atoms with Crippen LogP contribution in [0.25, 0.3) is 10.1 Å². The molecular weight excluding hydrogens is 286 g/mol. The van der Waals surface area contributed by atoms with E-state index in [0.717, 1.165) is 15.8 Å². The number of rotatable bonds is 4. The van der Waals surface area contributed by atoms with Crippen molar-refractivity contribution in [1.29, 1.82) is 0 Å². The van der Waals surface area contributed by atoms with E-state index in [4.69, 9.17) is 10.2 Å². The molecular formula is C15H15N3O2S. The average Bonchev–Trinajstić information content (AvgIpc) is 3.13. The molecule has 0 aliphatic carbocycles. The topological polar surface area (TPSA) is 72.4 Å². The number of amides is 1. The van der Waals surface area contributed by atoms with Crippen LogP contribution < -0.4 is 5.73 Å². The van der Waals surface area contributed by atoms with Crippen LogP contribution in [0.15, 0.2) is 41.3 Å². The lowest BCUT2D eigenvalue weighted by Gasteiger charge is -2.19. The first-order chi connectivity index (χ1) is 10.2. The number of aromatic nitrogens is 1. The number of fused-ring (bicyclic) bond motifs is 1. The maximum absolute atomic E-state index is 12.7. The summed E-state index contributed by atoms with van der Waals surface area (Å²) >= 11 is 1.38. The van der Waals surface area contributed by atoms with Gasteiger partial charge in [0, 0.05) is 24.3 Å².